The molecule has 0 saturated carbocycles. The highest BCUT2D eigenvalue weighted by atomic mass is 32.1. The topological polar surface area (TPSA) is 62.3 Å². The van der Waals surface area contributed by atoms with Crippen LogP contribution in [0.1, 0.15) is 29.8 Å². The number of aryl methyl sites for hydroxylation is 1. The number of hydrogen-bond donors (Lipinski definition) is 1. The lowest BCUT2D eigenvalue weighted by Crippen LogP contribution is -2.57. The van der Waals surface area contributed by atoms with E-state index >= 15 is 0 Å². The van der Waals surface area contributed by atoms with Crippen molar-refractivity contribution in [2.75, 3.05) is 6.54 Å². The number of carbonyl (C=O) groups excluding carboxylic acids is 2. The molecule has 1 N–H and O–H groups in total. The van der Waals surface area contributed by atoms with Gasteiger partial charge in [-0.2, -0.15) is 0 Å². The highest BCUT2D eigenvalue weighted by molar-refractivity contribution is 7.11. The number of hydrogen-bond acceptors (Lipinski definition) is 4. The molecule has 5 nitrogen and oxygen atoms in total. The fraction of sp³-hybridized carbons (Fsp3) is 0.545. The average molecular weight is 253 g/mol. The zero-order valence-electron chi connectivity index (χ0n) is 10.1. The van der Waals surface area contributed by atoms with Gasteiger partial charge < -0.3 is 10.2 Å². The summed E-state index contributed by atoms with van der Waals surface area (Å²) in [4.78, 5) is 30.4. The number of nitrogens with one attached hydrogen (secondary N) is 1. The van der Waals surface area contributed by atoms with Gasteiger partial charge in [-0.25, -0.2) is 4.98 Å². The van der Waals surface area contributed by atoms with Gasteiger partial charge in [0.2, 0.25) is 11.8 Å². The first-order valence-electron chi connectivity index (χ1n) is 5.51. The molecule has 1 aliphatic heterocycles. The van der Waals surface area contributed by atoms with Crippen LogP contribution < -0.4 is 5.32 Å². The van der Waals surface area contributed by atoms with E-state index in [0.717, 1.165) is 9.88 Å². The van der Waals surface area contributed by atoms with Crippen LogP contribution >= 0.6 is 11.3 Å². The number of rotatable bonds is 2. The molecule has 1 saturated heterocycles. The summed E-state index contributed by atoms with van der Waals surface area (Å²) in [6.45, 7) is 5.69. The van der Waals surface area contributed by atoms with E-state index in [9.17, 15) is 9.59 Å². The first-order chi connectivity index (χ1) is 7.99. The predicted octanol–water partition coefficient (Wildman–Crippen LogP) is 0.859. The van der Waals surface area contributed by atoms with E-state index in [0.29, 0.717) is 0 Å². The smallest absolute Gasteiger partial charge is 0.245 e. The van der Waals surface area contributed by atoms with Crippen molar-refractivity contribution in [2.45, 2.75) is 32.9 Å². The lowest BCUT2D eigenvalue weighted by molar-refractivity contribution is -0.145. The van der Waals surface area contributed by atoms with E-state index in [1.807, 2.05) is 13.8 Å². The zero-order chi connectivity index (χ0) is 12.6. The molecule has 0 radical (unpaired) electrons. The Morgan fingerprint density at radius 2 is 2.29 bits per heavy atom. The Bertz CT molecular complexity index is 457. The summed E-state index contributed by atoms with van der Waals surface area (Å²) in [7, 11) is 0. The van der Waals surface area contributed by atoms with Crippen LogP contribution in [0.2, 0.25) is 0 Å². The molecule has 0 spiro atoms. The molecule has 1 aromatic rings. The summed E-state index contributed by atoms with van der Waals surface area (Å²) in [5, 5.41) is 3.50. The Morgan fingerprint density at radius 1 is 1.59 bits per heavy atom. The van der Waals surface area contributed by atoms with Crippen LogP contribution in [0.3, 0.4) is 0 Å². The van der Waals surface area contributed by atoms with Gasteiger partial charge in [0.05, 0.1) is 6.04 Å². The highest BCUT2D eigenvalue weighted by Crippen LogP contribution is 2.25. The minimum absolute atomic E-state index is 0.0510. The van der Waals surface area contributed by atoms with E-state index in [-0.39, 0.29) is 24.4 Å². The summed E-state index contributed by atoms with van der Waals surface area (Å²) in [5.74, 6) is -0.165. The molecule has 6 heteroatoms. The second kappa shape index (κ2) is 4.44. The first-order valence-corrected chi connectivity index (χ1v) is 6.33. The molecule has 17 heavy (non-hydrogen) atoms. The standard InChI is InChI=1S/C11H15N3O2S/c1-6-4-12-10(17-6)8(3)14-5-9(15)13-7(2)11(14)16/h4,7-8H,5H2,1-3H3,(H,13,15). The maximum absolute atomic E-state index is 12.0. The molecule has 2 rings (SSSR count). The van der Waals surface area contributed by atoms with Crippen LogP contribution in [0.15, 0.2) is 6.20 Å². The molecule has 1 aliphatic rings. The molecule has 1 aromatic heterocycles. The number of carbonyl (C=O) groups is 2. The molecule has 2 unspecified atom stereocenters. The predicted molar refractivity (Wildman–Crippen MR) is 64.6 cm³/mol. The molecule has 0 bridgehead atoms. The minimum atomic E-state index is -0.445. The van der Waals surface area contributed by atoms with Crippen molar-refractivity contribution < 1.29 is 9.59 Å². The van der Waals surface area contributed by atoms with Gasteiger partial charge in [-0.15, -0.1) is 11.3 Å². The van der Waals surface area contributed by atoms with E-state index in [1.165, 1.54) is 0 Å². The van der Waals surface area contributed by atoms with Gasteiger partial charge in [0.1, 0.15) is 17.6 Å². The second-order valence-electron chi connectivity index (χ2n) is 4.24. The quantitative estimate of drug-likeness (QED) is 0.850. The van der Waals surface area contributed by atoms with Crippen LogP contribution in [0, 0.1) is 6.92 Å². The third-order valence-electron chi connectivity index (χ3n) is 2.81. The fourth-order valence-electron chi connectivity index (χ4n) is 1.86. The van der Waals surface area contributed by atoms with Crippen molar-refractivity contribution in [2.24, 2.45) is 0 Å². The summed E-state index contributed by atoms with van der Waals surface area (Å²) in [6.07, 6.45) is 1.79. The van der Waals surface area contributed by atoms with Crippen molar-refractivity contribution in [3.8, 4) is 0 Å². The lowest BCUT2D eigenvalue weighted by Gasteiger charge is -2.34. The SMILES string of the molecule is Cc1cnc(C(C)N2CC(=O)NC(C)C2=O)s1. The third-order valence-corrected chi connectivity index (χ3v) is 3.89. The summed E-state index contributed by atoms with van der Waals surface area (Å²) >= 11 is 1.56. The van der Waals surface area contributed by atoms with Crippen LogP contribution in [0.5, 0.6) is 0 Å². The minimum Gasteiger partial charge on any atom is -0.343 e. The number of nitrogens with zero attached hydrogens (tertiary/aromatic N) is 2. The molecule has 1 fully saturated rings. The van der Waals surface area contributed by atoms with Crippen molar-refractivity contribution in [1.82, 2.24) is 15.2 Å². The van der Waals surface area contributed by atoms with E-state index in [2.05, 4.69) is 10.3 Å². The monoisotopic (exact) mass is 253 g/mol. The van der Waals surface area contributed by atoms with Gasteiger partial charge in [0, 0.05) is 11.1 Å². The van der Waals surface area contributed by atoms with Gasteiger partial charge in [-0.05, 0) is 20.8 Å². The molecule has 0 aromatic carbocycles. The molecule has 92 valence electrons. The molecule has 2 amide bonds. The van der Waals surface area contributed by atoms with Gasteiger partial charge in [0.15, 0.2) is 0 Å². The Balaban J connectivity index is 2.20. The Hall–Kier alpha value is -1.43. The van der Waals surface area contributed by atoms with E-state index < -0.39 is 6.04 Å². The molecular weight excluding hydrogens is 238 g/mol. The van der Waals surface area contributed by atoms with Gasteiger partial charge in [-0.1, -0.05) is 0 Å². The molecular formula is C11H15N3O2S. The molecule has 2 atom stereocenters. The van der Waals surface area contributed by atoms with Crippen molar-refractivity contribution >= 4 is 23.2 Å². The summed E-state index contributed by atoms with van der Waals surface area (Å²) < 4.78 is 0. The first kappa shape index (κ1) is 12.0. The van der Waals surface area contributed by atoms with Crippen molar-refractivity contribution in [3.63, 3.8) is 0 Å². The number of thiazole rings is 1. The van der Waals surface area contributed by atoms with Crippen molar-refractivity contribution in [3.05, 3.63) is 16.1 Å². The molecule has 0 aliphatic carbocycles. The summed E-state index contributed by atoms with van der Waals surface area (Å²) in [6, 6.07) is -0.588. The van der Waals surface area contributed by atoms with Crippen LogP contribution in [0.4, 0.5) is 0 Å². The highest BCUT2D eigenvalue weighted by Gasteiger charge is 2.33. The second-order valence-corrected chi connectivity index (χ2v) is 5.51. The number of amides is 2. The zero-order valence-corrected chi connectivity index (χ0v) is 10.9. The maximum atomic E-state index is 12.0. The number of aromatic nitrogens is 1. The van der Waals surface area contributed by atoms with Crippen LogP contribution in [-0.4, -0.2) is 34.3 Å². The lowest BCUT2D eigenvalue weighted by atomic mass is 10.1. The van der Waals surface area contributed by atoms with Gasteiger partial charge in [-0.3, -0.25) is 9.59 Å². The fourth-order valence-corrected chi connectivity index (χ4v) is 2.70. The largest absolute Gasteiger partial charge is 0.343 e. The average Bonchev–Trinajstić information content (AvgIpc) is 2.69. The van der Waals surface area contributed by atoms with E-state index in [1.54, 1.807) is 29.4 Å². The van der Waals surface area contributed by atoms with Gasteiger partial charge >= 0.3 is 0 Å². The Morgan fingerprint density at radius 3 is 2.88 bits per heavy atom. The van der Waals surface area contributed by atoms with Crippen molar-refractivity contribution in [1.29, 1.82) is 0 Å². The van der Waals surface area contributed by atoms with Gasteiger partial charge in [0.25, 0.3) is 0 Å². The summed E-state index contributed by atoms with van der Waals surface area (Å²) in [5.41, 5.74) is 0. The van der Waals surface area contributed by atoms with Crippen LogP contribution in [-0.2, 0) is 9.59 Å². The normalized spacial score (nSPS) is 22.5. The van der Waals surface area contributed by atoms with Crippen LogP contribution in [0.25, 0.3) is 0 Å². The Kier molecular flexibility index (Phi) is 3.15. The molecule has 2 heterocycles. The Labute approximate surface area is 104 Å². The third kappa shape index (κ3) is 2.31. The van der Waals surface area contributed by atoms with E-state index in [4.69, 9.17) is 0 Å². The number of piperazine rings is 1. The maximum Gasteiger partial charge on any atom is 0.245 e.